The SMILES string of the molecule is CCNC(c1occc1C)c1sccc1C. The summed E-state index contributed by atoms with van der Waals surface area (Å²) in [5, 5.41) is 5.62. The molecule has 0 aliphatic rings. The Kier molecular flexibility index (Phi) is 3.46. The summed E-state index contributed by atoms with van der Waals surface area (Å²) in [6.07, 6.45) is 1.76. The van der Waals surface area contributed by atoms with Gasteiger partial charge in [0.15, 0.2) is 0 Å². The van der Waals surface area contributed by atoms with Crippen LogP contribution in [0.2, 0.25) is 0 Å². The first-order valence-corrected chi connectivity index (χ1v) is 6.43. The van der Waals surface area contributed by atoms with Crippen LogP contribution in [-0.2, 0) is 0 Å². The third kappa shape index (κ3) is 2.06. The van der Waals surface area contributed by atoms with Gasteiger partial charge < -0.3 is 9.73 Å². The highest BCUT2D eigenvalue weighted by Crippen LogP contribution is 2.31. The van der Waals surface area contributed by atoms with E-state index in [4.69, 9.17) is 4.42 Å². The molecule has 2 rings (SSSR count). The third-order valence-corrected chi connectivity index (χ3v) is 3.82. The largest absolute Gasteiger partial charge is 0.467 e. The molecule has 0 bridgehead atoms. The standard InChI is InChI=1S/C13H17NOS/c1-4-14-11(12-9(2)5-7-15-12)13-10(3)6-8-16-13/h5-8,11,14H,4H2,1-3H3. The normalized spacial score (nSPS) is 12.9. The van der Waals surface area contributed by atoms with Crippen molar-refractivity contribution in [3.05, 3.63) is 45.5 Å². The van der Waals surface area contributed by atoms with Crippen LogP contribution in [0.25, 0.3) is 0 Å². The van der Waals surface area contributed by atoms with E-state index in [2.05, 4.69) is 37.5 Å². The summed E-state index contributed by atoms with van der Waals surface area (Å²) >= 11 is 1.78. The lowest BCUT2D eigenvalue weighted by atomic mass is 10.1. The first kappa shape index (κ1) is 11.4. The maximum Gasteiger partial charge on any atom is 0.128 e. The minimum atomic E-state index is 0.194. The van der Waals surface area contributed by atoms with Gasteiger partial charge in [-0.25, -0.2) is 0 Å². The molecule has 0 saturated carbocycles. The Labute approximate surface area is 100 Å². The fraction of sp³-hybridized carbons (Fsp3) is 0.385. The zero-order valence-corrected chi connectivity index (χ0v) is 10.7. The second-order valence-corrected chi connectivity index (χ2v) is 4.87. The Bertz CT molecular complexity index is 418. The van der Waals surface area contributed by atoms with Crippen LogP contribution < -0.4 is 5.32 Å². The molecule has 1 N–H and O–H groups in total. The Balaban J connectivity index is 2.39. The van der Waals surface area contributed by atoms with Gasteiger partial charge in [0, 0.05) is 4.88 Å². The van der Waals surface area contributed by atoms with Gasteiger partial charge in [0.1, 0.15) is 11.8 Å². The van der Waals surface area contributed by atoms with Crippen LogP contribution in [0.1, 0.15) is 34.7 Å². The predicted molar refractivity (Wildman–Crippen MR) is 68.0 cm³/mol. The molecule has 0 aliphatic heterocycles. The van der Waals surface area contributed by atoms with E-state index in [9.17, 15) is 0 Å². The molecule has 16 heavy (non-hydrogen) atoms. The van der Waals surface area contributed by atoms with Gasteiger partial charge in [0.25, 0.3) is 0 Å². The van der Waals surface area contributed by atoms with Gasteiger partial charge >= 0.3 is 0 Å². The van der Waals surface area contributed by atoms with Crippen molar-refractivity contribution in [2.45, 2.75) is 26.8 Å². The zero-order valence-electron chi connectivity index (χ0n) is 9.91. The van der Waals surface area contributed by atoms with E-state index in [1.165, 1.54) is 16.0 Å². The maximum atomic E-state index is 5.60. The van der Waals surface area contributed by atoms with E-state index in [0.29, 0.717) is 0 Å². The number of rotatable bonds is 4. The first-order valence-electron chi connectivity index (χ1n) is 5.55. The summed E-state index contributed by atoms with van der Waals surface area (Å²) in [7, 11) is 0. The van der Waals surface area contributed by atoms with Crippen molar-refractivity contribution in [3.63, 3.8) is 0 Å². The van der Waals surface area contributed by atoms with Crippen molar-refractivity contribution in [2.75, 3.05) is 6.54 Å². The molecular formula is C13H17NOS. The molecule has 0 radical (unpaired) electrons. The van der Waals surface area contributed by atoms with Crippen molar-refractivity contribution in [1.82, 2.24) is 5.32 Å². The first-order chi connectivity index (χ1) is 7.74. The number of furan rings is 1. The van der Waals surface area contributed by atoms with Crippen molar-refractivity contribution >= 4 is 11.3 Å². The minimum Gasteiger partial charge on any atom is -0.467 e. The molecular weight excluding hydrogens is 218 g/mol. The molecule has 0 fully saturated rings. The molecule has 2 aromatic heterocycles. The highest BCUT2D eigenvalue weighted by Gasteiger charge is 2.20. The molecule has 2 aromatic rings. The van der Waals surface area contributed by atoms with Gasteiger partial charge in [-0.15, -0.1) is 11.3 Å². The molecule has 0 aliphatic carbocycles. The summed E-state index contributed by atoms with van der Waals surface area (Å²) in [6.45, 7) is 7.29. The fourth-order valence-corrected chi connectivity index (χ4v) is 2.87. The van der Waals surface area contributed by atoms with E-state index in [-0.39, 0.29) is 6.04 Å². The van der Waals surface area contributed by atoms with Crippen LogP contribution in [0.5, 0.6) is 0 Å². The van der Waals surface area contributed by atoms with Crippen LogP contribution in [0.4, 0.5) is 0 Å². The Morgan fingerprint density at radius 2 is 2.12 bits per heavy atom. The fourth-order valence-electron chi connectivity index (χ4n) is 1.87. The molecule has 0 aromatic carbocycles. The summed E-state index contributed by atoms with van der Waals surface area (Å²) in [4.78, 5) is 1.35. The van der Waals surface area contributed by atoms with Gasteiger partial charge in [-0.1, -0.05) is 6.92 Å². The van der Waals surface area contributed by atoms with Crippen LogP contribution in [0.3, 0.4) is 0 Å². The van der Waals surface area contributed by atoms with Gasteiger partial charge in [0.2, 0.25) is 0 Å². The average Bonchev–Trinajstić information content (AvgIpc) is 2.84. The summed E-state index contributed by atoms with van der Waals surface area (Å²) in [6, 6.07) is 4.37. The van der Waals surface area contributed by atoms with E-state index in [1.54, 1.807) is 17.6 Å². The third-order valence-electron chi connectivity index (χ3n) is 2.74. The number of hydrogen-bond donors (Lipinski definition) is 1. The van der Waals surface area contributed by atoms with E-state index in [0.717, 1.165) is 12.3 Å². The van der Waals surface area contributed by atoms with Gasteiger partial charge in [0.05, 0.1) is 6.26 Å². The van der Waals surface area contributed by atoms with Crippen molar-refractivity contribution in [3.8, 4) is 0 Å². The molecule has 0 spiro atoms. The van der Waals surface area contributed by atoms with Crippen LogP contribution in [0, 0.1) is 13.8 Å². The Morgan fingerprint density at radius 1 is 1.31 bits per heavy atom. The molecule has 0 amide bonds. The number of thiophene rings is 1. The smallest absolute Gasteiger partial charge is 0.128 e. The molecule has 0 saturated heterocycles. The molecule has 2 heterocycles. The van der Waals surface area contributed by atoms with Gasteiger partial charge in [-0.2, -0.15) is 0 Å². The van der Waals surface area contributed by atoms with Crippen molar-refractivity contribution < 1.29 is 4.42 Å². The van der Waals surface area contributed by atoms with E-state index >= 15 is 0 Å². The highest BCUT2D eigenvalue weighted by atomic mass is 32.1. The monoisotopic (exact) mass is 235 g/mol. The quantitative estimate of drug-likeness (QED) is 0.875. The predicted octanol–water partition coefficient (Wildman–Crippen LogP) is 3.66. The second-order valence-electron chi connectivity index (χ2n) is 3.93. The highest BCUT2D eigenvalue weighted by molar-refractivity contribution is 7.10. The lowest BCUT2D eigenvalue weighted by Gasteiger charge is -2.16. The van der Waals surface area contributed by atoms with Crippen LogP contribution >= 0.6 is 11.3 Å². The molecule has 1 atom stereocenters. The van der Waals surface area contributed by atoms with E-state index < -0.39 is 0 Å². The van der Waals surface area contributed by atoms with Crippen LogP contribution in [0.15, 0.2) is 28.2 Å². The second kappa shape index (κ2) is 4.85. The molecule has 3 heteroatoms. The summed E-state index contributed by atoms with van der Waals surface area (Å²) in [5.41, 5.74) is 2.53. The molecule has 1 unspecified atom stereocenters. The summed E-state index contributed by atoms with van der Waals surface area (Å²) < 4.78 is 5.60. The summed E-state index contributed by atoms with van der Waals surface area (Å²) in [5.74, 6) is 1.03. The van der Waals surface area contributed by atoms with Gasteiger partial charge in [-0.3, -0.25) is 0 Å². The lowest BCUT2D eigenvalue weighted by Crippen LogP contribution is -2.21. The zero-order chi connectivity index (χ0) is 11.5. The topological polar surface area (TPSA) is 25.2 Å². The number of nitrogens with one attached hydrogen (secondary N) is 1. The number of hydrogen-bond acceptors (Lipinski definition) is 3. The Hall–Kier alpha value is -1.06. The van der Waals surface area contributed by atoms with Crippen molar-refractivity contribution in [1.29, 1.82) is 0 Å². The lowest BCUT2D eigenvalue weighted by molar-refractivity contribution is 0.452. The molecule has 86 valence electrons. The van der Waals surface area contributed by atoms with Gasteiger partial charge in [-0.05, 0) is 49.0 Å². The number of aryl methyl sites for hydroxylation is 2. The molecule has 2 nitrogen and oxygen atoms in total. The average molecular weight is 235 g/mol. The maximum absolute atomic E-state index is 5.60. The minimum absolute atomic E-state index is 0.194. The van der Waals surface area contributed by atoms with Crippen LogP contribution in [-0.4, -0.2) is 6.54 Å². The Morgan fingerprint density at radius 3 is 2.62 bits per heavy atom. The van der Waals surface area contributed by atoms with Crippen molar-refractivity contribution in [2.24, 2.45) is 0 Å². The van der Waals surface area contributed by atoms with E-state index in [1.807, 2.05) is 6.07 Å².